The van der Waals surface area contributed by atoms with Crippen molar-refractivity contribution in [3.8, 4) is 0 Å². The van der Waals surface area contributed by atoms with Gasteiger partial charge in [-0.15, -0.1) is 0 Å². The molecule has 1 aliphatic rings. The van der Waals surface area contributed by atoms with Crippen LogP contribution in [-0.4, -0.2) is 50.0 Å². The number of nitrogens with one attached hydrogen (secondary N) is 3. The van der Waals surface area contributed by atoms with Crippen LogP contribution in [-0.2, 0) is 36.1 Å². The summed E-state index contributed by atoms with van der Waals surface area (Å²) in [6, 6.07) is 14.4. The minimum Gasteiger partial charge on any atom is -0.475 e. The van der Waals surface area contributed by atoms with Gasteiger partial charge in [-0.2, -0.15) is 13.2 Å². The molecule has 0 saturated carbocycles. The Bertz CT molecular complexity index is 1910. The molecule has 0 spiro atoms. The molecule has 0 aliphatic carbocycles. The smallest absolute Gasteiger partial charge is 0.475 e. The van der Waals surface area contributed by atoms with E-state index in [1.807, 2.05) is 4.72 Å². The lowest BCUT2D eigenvalue weighted by atomic mass is 10.0. The van der Waals surface area contributed by atoms with Crippen LogP contribution in [0.25, 0.3) is 11.0 Å². The van der Waals surface area contributed by atoms with Gasteiger partial charge in [-0.3, -0.25) is 9.52 Å². The summed E-state index contributed by atoms with van der Waals surface area (Å²) < 4.78 is 115. The van der Waals surface area contributed by atoms with Gasteiger partial charge in [0.1, 0.15) is 22.7 Å². The molecule has 0 radical (unpaired) electrons. The van der Waals surface area contributed by atoms with E-state index in [4.69, 9.17) is 9.90 Å². The number of para-hydroxylation sites is 2. The van der Waals surface area contributed by atoms with Crippen molar-refractivity contribution in [3.63, 3.8) is 0 Å². The van der Waals surface area contributed by atoms with E-state index in [2.05, 4.69) is 14.7 Å². The Morgan fingerprint density at radius 1 is 1.07 bits per heavy atom. The van der Waals surface area contributed by atoms with Gasteiger partial charge in [-0.25, -0.2) is 40.1 Å². The number of H-pyrrole nitrogens is 1. The molecule has 44 heavy (non-hydrogen) atoms. The highest BCUT2D eigenvalue weighted by molar-refractivity contribution is 7.90. The zero-order valence-corrected chi connectivity index (χ0v) is 23.6. The Kier molecular flexibility index (Phi) is 9.08. The van der Waals surface area contributed by atoms with E-state index in [0.717, 1.165) is 18.2 Å². The van der Waals surface area contributed by atoms with Crippen LogP contribution in [0.2, 0.25) is 0 Å². The number of aromatic amines is 1. The standard InChI is InChI=1S/C24H20F2N4O5S2.C2HF3O2/c25-15-4-3-5-16(12-15)36(32,33)29-21(24-27-19-6-1-2-7-20(19)28-24)11-14-8-9-17(18(26)10-14)22-13-23(31)30-37(22,34)35;3-2(4,5)1(6)7/h1-10,12,21-22,29H,11,13H2,(H,27,28)(H,30,31);(H,6,7)/t21-,22?;/m0./s1. The van der Waals surface area contributed by atoms with Gasteiger partial charge in [0, 0.05) is 5.56 Å². The topological polar surface area (TPSA) is 175 Å². The van der Waals surface area contributed by atoms with Crippen molar-refractivity contribution in [3.05, 3.63) is 95.3 Å². The second-order valence-corrected chi connectivity index (χ2v) is 13.0. The van der Waals surface area contributed by atoms with Gasteiger partial charge in [0.25, 0.3) is 0 Å². The van der Waals surface area contributed by atoms with E-state index in [1.54, 1.807) is 24.3 Å². The Hall–Kier alpha value is -4.42. The third-order valence-electron chi connectivity index (χ3n) is 6.24. The number of hydrogen-bond acceptors (Lipinski definition) is 7. The van der Waals surface area contributed by atoms with Gasteiger partial charge in [-0.05, 0) is 48.4 Å². The second kappa shape index (κ2) is 12.3. The largest absolute Gasteiger partial charge is 0.490 e. The van der Waals surface area contributed by atoms with Crippen molar-refractivity contribution >= 4 is 43.0 Å². The molecule has 1 saturated heterocycles. The van der Waals surface area contributed by atoms with Crippen LogP contribution in [0.5, 0.6) is 0 Å². The highest BCUT2D eigenvalue weighted by Gasteiger charge is 2.40. The third kappa shape index (κ3) is 7.56. The molecular weight excluding hydrogens is 639 g/mol. The average molecular weight is 661 g/mol. The molecule has 3 aromatic carbocycles. The number of sulfonamides is 2. The van der Waals surface area contributed by atoms with E-state index >= 15 is 4.39 Å². The first-order valence-electron chi connectivity index (χ1n) is 12.3. The Morgan fingerprint density at radius 3 is 2.32 bits per heavy atom. The number of aromatic nitrogens is 2. The molecule has 4 N–H and O–H groups in total. The number of carboxylic acids is 1. The first kappa shape index (κ1) is 32.5. The number of benzene rings is 3. The SMILES string of the molecule is O=C(O)C(F)(F)F.O=C1CC(c2ccc(C[C@H](NS(=O)(=O)c3cccc(F)c3)c3nc4ccccc4[nH]3)cc2F)S(=O)(=O)N1. The molecule has 4 aromatic rings. The molecule has 1 aromatic heterocycles. The Morgan fingerprint density at radius 2 is 1.75 bits per heavy atom. The summed E-state index contributed by atoms with van der Waals surface area (Å²) in [6.07, 6.45) is -5.55. The summed E-state index contributed by atoms with van der Waals surface area (Å²) in [7, 11) is -8.25. The van der Waals surface area contributed by atoms with Crippen molar-refractivity contribution in [2.75, 3.05) is 0 Å². The summed E-state index contributed by atoms with van der Waals surface area (Å²) >= 11 is 0. The fourth-order valence-electron chi connectivity index (χ4n) is 4.24. The molecule has 234 valence electrons. The van der Waals surface area contributed by atoms with Gasteiger partial charge in [0.15, 0.2) is 0 Å². The van der Waals surface area contributed by atoms with E-state index in [9.17, 15) is 39.2 Å². The number of halogens is 5. The molecule has 1 unspecified atom stereocenters. The summed E-state index contributed by atoms with van der Waals surface area (Å²) in [5.41, 5.74) is 1.40. The van der Waals surface area contributed by atoms with Crippen LogP contribution in [0.15, 0.2) is 71.6 Å². The number of aliphatic carboxylic acids is 1. The normalized spacial score (nSPS) is 17.0. The summed E-state index contributed by atoms with van der Waals surface area (Å²) in [5.74, 6) is -4.80. The lowest BCUT2D eigenvalue weighted by Gasteiger charge is -2.18. The second-order valence-electron chi connectivity index (χ2n) is 9.40. The molecular formula is C26H21F5N4O7S2. The maximum Gasteiger partial charge on any atom is 0.490 e. The average Bonchev–Trinajstić information content (AvgIpc) is 3.47. The number of amides is 1. The van der Waals surface area contributed by atoms with Gasteiger partial charge in [0.2, 0.25) is 26.0 Å². The third-order valence-corrected chi connectivity index (χ3v) is 9.39. The van der Waals surface area contributed by atoms with Crippen LogP contribution in [0.4, 0.5) is 22.0 Å². The molecule has 0 bridgehead atoms. The fraction of sp³-hybridized carbons (Fsp3) is 0.192. The van der Waals surface area contributed by atoms with Crippen LogP contribution in [0, 0.1) is 11.6 Å². The van der Waals surface area contributed by atoms with Crippen LogP contribution in [0.1, 0.15) is 34.7 Å². The van der Waals surface area contributed by atoms with Gasteiger partial charge >= 0.3 is 12.1 Å². The van der Waals surface area contributed by atoms with E-state index < -0.39 is 67.4 Å². The Balaban J connectivity index is 0.000000566. The first-order chi connectivity index (χ1) is 20.5. The quantitative estimate of drug-likeness (QED) is 0.217. The molecule has 11 nitrogen and oxygen atoms in total. The minimum absolute atomic E-state index is 0.0693. The molecule has 2 heterocycles. The van der Waals surface area contributed by atoms with E-state index in [-0.39, 0.29) is 22.7 Å². The molecule has 1 aliphatic heterocycles. The zero-order valence-electron chi connectivity index (χ0n) is 22.0. The van der Waals surface area contributed by atoms with Crippen molar-refractivity contribution in [1.29, 1.82) is 0 Å². The lowest BCUT2D eigenvalue weighted by Crippen LogP contribution is -2.31. The number of carboxylic acid groups (broad SMARTS) is 1. The minimum atomic E-state index is -5.08. The van der Waals surface area contributed by atoms with Gasteiger partial charge in [0.05, 0.1) is 28.4 Å². The molecule has 2 atom stereocenters. The maximum atomic E-state index is 15.0. The number of hydrogen-bond donors (Lipinski definition) is 4. The van der Waals surface area contributed by atoms with Crippen molar-refractivity contribution < 1.29 is 53.5 Å². The number of imidazole rings is 1. The van der Waals surface area contributed by atoms with Crippen molar-refractivity contribution in [1.82, 2.24) is 19.4 Å². The molecule has 5 rings (SSSR count). The van der Waals surface area contributed by atoms with Gasteiger partial charge in [-0.1, -0.05) is 30.3 Å². The molecule has 1 fully saturated rings. The zero-order chi connectivity index (χ0) is 32.4. The van der Waals surface area contributed by atoms with Gasteiger partial charge < -0.3 is 10.1 Å². The number of fused-ring (bicyclic) bond motifs is 1. The molecule has 1 amide bonds. The fourth-order valence-corrected chi connectivity index (χ4v) is 6.91. The van der Waals surface area contributed by atoms with Crippen molar-refractivity contribution in [2.24, 2.45) is 0 Å². The van der Waals surface area contributed by atoms with Crippen LogP contribution >= 0.6 is 0 Å². The number of carbonyl (C=O) groups is 2. The predicted octanol–water partition coefficient (Wildman–Crippen LogP) is 3.63. The molecule has 18 heteroatoms. The Labute approximate surface area is 246 Å². The first-order valence-corrected chi connectivity index (χ1v) is 15.3. The summed E-state index contributed by atoms with van der Waals surface area (Å²) in [4.78, 5) is 27.7. The maximum absolute atomic E-state index is 15.0. The van der Waals surface area contributed by atoms with E-state index in [1.165, 1.54) is 24.3 Å². The number of rotatable bonds is 7. The number of nitrogens with zero attached hydrogens (tertiary/aromatic N) is 1. The highest BCUT2D eigenvalue weighted by atomic mass is 32.2. The van der Waals surface area contributed by atoms with Crippen LogP contribution < -0.4 is 9.44 Å². The lowest BCUT2D eigenvalue weighted by molar-refractivity contribution is -0.192. The van der Waals surface area contributed by atoms with Crippen molar-refractivity contribution in [2.45, 2.75) is 35.2 Å². The monoisotopic (exact) mass is 660 g/mol. The predicted molar refractivity (Wildman–Crippen MR) is 144 cm³/mol. The highest BCUT2D eigenvalue weighted by Crippen LogP contribution is 2.33. The summed E-state index contributed by atoms with van der Waals surface area (Å²) in [6.45, 7) is 0. The number of alkyl halides is 3. The number of carbonyl (C=O) groups excluding carboxylic acids is 1. The van der Waals surface area contributed by atoms with E-state index in [0.29, 0.717) is 16.6 Å². The van der Waals surface area contributed by atoms with Crippen LogP contribution in [0.3, 0.4) is 0 Å². The summed E-state index contributed by atoms with van der Waals surface area (Å²) in [5, 5.41) is 5.77.